The molecule has 1 aliphatic heterocycles. The summed E-state index contributed by atoms with van der Waals surface area (Å²) in [6, 6.07) is 1.53. The van der Waals surface area contributed by atoms with Crippen molar-refractivity contribution in [2.75, 3.05) is 19.6 Å². The molecule has 0 aromatic heterocycles. The number of nitrogens with one attached hydrogen (secondary N) is 1. The molecule has 2 atom stereocenters. The predicted octanol–water partition coefficient (Wildman–Crippen LogP) is 4.45. The van der Waals surface area contributed by atoms with Crippen LogP contribution in [0.15, 0.2) is 0 Å². The third-order valence-electron chi connectivity index (χ3n) is 5.74. The maximum absolute atomic E-state index is 3.73. The molecule has 0 spiro atoms. The Bertz CT molecular complexity index is 294. The minimum atomic E-state index is 0.645. The average molecular weight is 295 g/mol. The van der Waals surface area contributed by atoms with Crippen LogP contribution in [0.4, 0.5) is 0 Å². The molecule has 2 nitrogen and oxygen atoms in total. The number of nitrogens with zero attached hydrogens (tertiary/aromatic N) is 1. The minimum Gasteiger partial charge on any atom is -0.314 e. The van der Waals surface area contributed by atoms with E-state index in [4.69, 9.17) is 0 Å². The molecule has 1 heterocycles. The quantitative estimate of drug-likeness (QED) is 0.746. The Balaban J connectivity index is 1.87. The highest BCUT2D eigenvalue weighted by Gasteiger charge is 2.38. The summed E-state index contributed by atoms with van der Waals surface area (Å²) in [5.41, 5.74) is 0.645. The second-order valence-corrected chi connectivity index (χ2v) is 8.30. The van der Waals surface area contributed by atoms with Gasteiger partial charge in [-0.15, -0.1) is 0 Å². The number of rotatable bonds is 7. The molecule has 1 N–H and O–H groups in total. The van der Waals surface area contributed by atoms with Crippen LogP contribution in [0.5, 0.6) is 0 Å². The van der Waals surface area contributed by atoms with Crippen molar-refractivity contribution < 1.29 is 0 Å². The fourth-order valence-electron chi connectivity index (χ4n) is 4.84. The average Bonchev–Trinajstić information content (AvgIpc) is 2.87. The maximum Gasteiger partial charge on any atom is 0.00940 e. The zero-order valence-electron chi connectivity index (χ0n) is 15.0. The first-order valence-electron chi connectivity index (χ1n) is 9.52. The van der Waals surface area contributed by atoms with E-state index in [1.807, 2.05) is 0 Å². The van der Waals surface area contributed by atoms with Gasteiger partial charge in [0, 0.05) is 18.6 Å². The first-order chi connectivity index (χ1) is 10.0. The molecular formula is C19H38N2. The van der Waals surface area contributed by atoms with E-state index in [0.29, 0.717) is 5.41 Å². The predicted molar refractivity (Wildman–Crippen MR) is 92.7 cm³/mol. The molecule has 21 heavy (non-hydrogen) atoms. The third kappa shape index (κ3) is 4.96. The van der Waals surface area contributed by atoms with Crippen molar-refractivity contribution in [1.82, 2.24) is 10.2 Å². The first kappa shape index (κ1) is 17.3. The molecule has 0 aromatic carbocycles. The monoisotopic (exact) mass is 294 g/mol. The molecule has 2 rings (SSSR count). The summed E-state index contributed by atoms with van der Waals surface area (Å²) in [7, 11) is 0. The highest BCUT2D eigenvalue weighted by molar-refractivity contribution is 4.92. The van der Waals surface area contributed by atoms with Crippen molar-refractivity contribution in [3.8, 4) is 0 Å². The minimum absolute atomic E-state index is 0.645. The van der Waals surface area contributed by atoms with Gasteiger partial charge in [-0.1, -0.05) is 33.6 Å². The number of hydrogen-bond donors (Lipinski definition) is 1. The van der Waals surface area contributed by atoms with E-state index in [2.05, 4.69) is 37.9 Å². The van der Waals surface area contributed by atoms with Crippen molar-refractivity contribution in [1.29, 1.82) is 0 Å². The van der Waals surface area contributed by atoms with E-state index in [-0.39, 0.29) is 0 Å². The second-order valence-electron chi connectivity index (χ2n) is 8.30. The van der Waals surface area contributed by atoms with Gasteiger partial charge in [-0.3, -0.25) is 4.90 Å². The number of piperidine rings is 1. The molecular weight excluding hydrogens is 256 g/mol. The molecule has 1 saturated carbocycles. The van der Waals surface area contributed by atoms with E-state index in [1.54, 1.807) is 0 Å². The van der Waals surface area contributed by atoms with Crippen LogP contribution in [0.25, 0.3) is 0 Å². The van der Waals surface area contributed by atoms with Crippen molar-refractivity contribution in [3.05, 3.63) is 0 Å². The van der Waals surface area contributed by atoms with Crippen LogP contribution in [0, 0.1) is 11.3 Å². The van der Waals surface area contributed by atoms with Crippen LogP contribution in [-0.2, 0) is 0 Å². The van der Waals surface area contributed by atoms with E-state index >= 15 is 0 Å². The van der Waals surface area contributed by atoms with Crippen LogP contribution in [0.3, 0.4) is 0 Å². The lowest BCUT2D eigenvalue weighted by Gasteiger charge is -2.44. The van der Waals surface area contributed by atoms with Gasteiger partial charge in [0.25, 0.3) is 0 Å². The molecule has 0 bridgehead atoms. The summed E-state index contributed by atoms with van der Waals surface area (Å²) in [5.74, 6) is 0.849. The SMILES string of the molecule is CCCNC1CCN(CC2(CC(C)C)CCCC2)C(C)C1. The number of likely N-dealkylation sites (tertiary alicyclic amines) is 1. The lowest BCUT2D eigenvalue weighted by Crippen LogP contribution is -2.50. The maximum atomic E-state index is 3.73. The lowest BCUT2D eigenvalue weighted by atomic mass is 9.77. The molecule has 2 fully saturated rings. The van der Waals surface area contributed by atoms with Gasteiger partial charge < -0.3 is 5.32 Å². The normalized spacial score (nSPS) is 30.1. The summed E-state index contributed by atoms with van der Waals surface area (Å²) >= 11 is 0. The van der Waals surface area contributed by atoms with E-state index < -0.39 is 0 Å². The molecule has 1 saturated heterocycles. The van der Waals surface area contributed by atoms with Crippen LogP contribution < -0.4 is 5.32 Å². The highest BCUT2D eigenvalue weighted by atomic mass is 15.2. The zero-order valence-corrected chi connectivity index (χ0v) is 15.0. The standard InChI is InChI=1S/C19H38N2/c1-5-11-20-18-8-12-21(17(4)13-18)15-19(14-16(2)3)9-6-7-10-19/h16-18,20H,5-15H2,1-4H3. The zero-order chi connectivity index (χ0) is 15.3. The first-order valence-corrected chi connectivity index (χ1v) is 9.52. The number of hydrogen-bond acceptors (Lipinski definition) is 2. The smallest absolute Gasteiger partial charge is 0.00940 e. The van der Waals surface area contributed by atoms with Crippen molar-refractivity contribution in [2.24, 2.45) is 11.3 Å². The summed E-state index contributed by atoms with van der Waals surface area (Å²) in [6.45, 7) is 13.4. The van der Waals surface area contributed by atoms with Crippen LogP contribution in [0.2, 0.25) is 0 Å². The van der Waals surface area contributed by atoms with Gasteiger partial charge in [-0.2, -0.15) is 0 Å². The molecule has 2 unspecified atom stereocenters. The Morgan fingerprint density at radius 3 is 2.52 bits per heavy atom. The third-order valence-corrected chi connectivity index (χ3v) is 5.74. The molecule has 0 radical (unpaired) electrons. The van der Waals surface area contributed by atoms with Gasteiger partial charge in [0.05, 0.1) is 0 Å². The molecule has 1 aliphatic carbocycles. The van der Waals surface area contributed by atoms with E-state index in [1.165, 1.54) is 71.0 Å². The molecule has 0 amide bonds. The van der Waals surface area contributed by atoms with Gasteiger partial charge in [0.1, 0.15) is 0 Å². The van der Waals surface area contributed by atoms with E-state index in [0.717, 1.165) is 18.0 Å². The van der Waals surface area contributed by atoms with Crippen molar-refractivity contribution in [2.45, 2.75) is 91.1 Å². The fraction of sp³-hybridized carbons (Fsp3) is 1.00. The Hall–Kier alpha value is -0.0800. The van der Waals surface area contributed by atoms with Crippen molar-refractivity contribution in [3.63, 3.8) is 0 Å². The van der Waals surface area contributed by atoms with Gasteiger partial charge in [0.2, 0.25) is 0 Å². The summed E-state index contributed by atoms with van der Waals surface area (Å²) in [4.78, 5) is 2.82. The Morgan fingerprint density at radius 2 is 1.95 bits per heavy atom. The molecule has 124 valence electrons. The van der Waals surface area contributed by atoms with Gasteiger partial charge in [-0.25, -0.2) is 0 Å². The largest absolute Gasteiger partial charge is 0.314 e. The summed E-state index contributed by atoms with van der Waals surface area (Å²) in [5, 5.41) is 3.73. The van der Waals surface area contributed by atoms with Gasteiger partial charge in [-0.05, 0) is 69.9 Å². The van der Waals surface area contributed by atoms with Crippen LogP contribution in [0.1, 0.15) is 79.1 Å². The lowest BCUT2D eigenvalue weighted by molar-refractivity contribution is 0.0656. The Kier molecular flexibility index (Phi) is 6.55. The summed E-state index contributed by atoms with van der Waals surface area (Å²) < 4.78 is 0. The van der Waals surface area contributed by atoms with E-state index in [9.17, 15) is 0 Å². The van der Waals surface area contributed by atoms with Gasteiger partial charge in [0.15, 0.2) is 0 Å². The highest BCUT2D eigenvalue weighted by Crippen LogP contribution is 2.44. The Labute approximate surface area is 133 Å². The van der Waals surface area contributed by atoms with Gasteiger partial charge >= 0.3 is 0 Å². The van der Waals surface area contributed by atoms with Crippen molar-refractivity contribution >= 4 is 0 Å². The summed E-state index contributed by atoms with van der Waals surface area (Å²) in [6.07, 6.45) is 11.3. The Morgan fingerprint density at radius 1 is 1.24 bits per heavy atom. The van der Waals surface area contributed by atoms with Crippen LogP contribution >= 0.6 is 0 Å². The molecule has 2 heteroatoms. The molecule has 2 aliphatic rings. The van der Waals surface area contributed by atoms with Crippen LogP contribution in [-0.4, -0.2) is 36.6 Å². The fourth-order valence-corrected chi connectivity index (χ4v) is 4.84. The topological polar surface area (TPSA) is 15.3 Å². The second kappa shape index (κ2) is 7.97. The molecule has 0 aromatic rings.